The van der Waals surface area contributed by atoms with Crippen molar-refractivity contribution in [3.63, 3.8) is 0 Å². The molecule has 2 amide bonds. The van der Waals surface area contributed by atoms with Crippen LogP contribution >= 0.6 is 23.2 Å². The van der Waals surface area contributed by atoms with Crippen LogP contribution in [0.4, 0.5) is 18.9 Å². The zero-order valence-electron chi connectivity index (χ0n) is 23.1. The summed E-state index contributed by atoms with van der Waals surface area (Å²) in [5.41, 5.74) is 1.73. The molecule has 0 saturated heterocycles. The first-order chi connectivity index (χ1) is 20.3. The molecular formula is C28H31Cl2F3N4O6. The van der Waals surface area contributed by atoms with Crippen LogP contribution in [0.1, 0.15) is 61.0 Å². The number of aliphatic imine (C=N–C) groups is 1. The van der Waals surface area contributed by atoms with Crippen molar-refractivity contribution in [2.45, 2.75) is 51.2 Å². The first-order valence-electron chi connectivity index (χ1n) is 13.2. The number of amidine groups is 1. The second kappa shape index (κ2) is 17.3. The maximum absolute atomic E-state index is 12.7. The van der Waals surface area contributed by atoms with Gasteiger partial charge in [0.1, 0.15) is 5.84 Å². The van der Waals surface area contributed by atoms with E-state index in [2.05, 4.69) is 20.9 Å². The summed E-state index contributed by atoms with van der Waals surface area (Å²) in [4.78, 5) is 50.9. The number of amides is 2. The predicted octanol–water partition coefficient (Wildman–Crippen LogP) is 5.55. The van der Waals surface area contributed by atoms with Crippen molar-refractivity contribution in [1.29, 1.82) is 0 Å². The molecular weight excluding hydrogens is 616 g/mol. The number of esters is 1. The normalized spacial score (nSPS) is 13.7. The minimum atomic E-state index is -5.08. The lowest BCUT2D eigenvalue weighted by atomic mass is 10.0. The number of aliphatic carboxylic acids is 1. The van der Waals surface area contributed by atoms with Crippen molar-refractivity contribution >= 4 is 58.5 Å². The number of alkyl halides is 3. The Labute approximate surface area is 256 Å². The lowest BCUT2D eigenvalue weighted by Crippen LogP contribution is -2.39. The van der Waals surface area contributed by atoms with Crippen LogP contribution in [0.15, 0.2) is 47.5 Å². The molecule has 3 rings (SSSR count). The van der Waals surface area contributed by atoms with E-state index in [1.165, 1.54) is 0 Å². The number of nitrogens with one attached hydrogen (secondary N) is 3. The van der Waals surface area contributed by atoms with Gasteiger partial charge in [0.25, 0.3) is 5.91 Å². The Morgan fingerprint density at radius 2 is 1.72 bits per heavy atom. The summed E-state index contributed by atoms with van der Waals surface area (Å²) >= 11 is 12.2. The average Bonchev–Trinajstić information content (AvgIpc) is 3.19. The van der Waals surface area contributed by atoms with Crippen LogP contribution < -0.4 is 16.0 Å². The lowest BCUT2D eigenvalue weighted by Gasteiger charge is -2.19. The van der Waals surface area contributed by atoms with Gasteiger partial charge < -0.3 is 25.8 Å². The van der Waals surface area contributed by atoms with Crippen molar-refractivity contribution < 1.29 is 42.2 Å². The highest BCUT2D eigenvalue weighted by molar-refractivity contribution is 6.34. The number of carboxylic acids is 1. The molecule has 1 atom stereocenters. The fourth-order valence-electron chi connectivity index (χ4n) is 3.80. The van der Waals surface area contributed by atoms with E-state index in [0.29, 0.717) is 21.2 Å². The van der Waals surface area contributed by atoms with E-state index < -0.39 is 36.0 Å². The standard InChI is InChI=1S/C26H30Cl2N4O4.C2HF3O2/c1-2-36-25(34)15-22(18-11-19(27)14-20(28)12-18)32-24(33)16-30-26(35)17-7-6-8-21(13-17)31-23-9-4-3-5-10-29-23;3-2(4,5)1(6)7/h6-8,11-14,22H,2-5,9-10,15-16H2,1H3,(H,29,31)(H,30,35)(H,32,33);(H,6,7). The number of carbonyl (C=O) groups excluding carboxylic acids is 3. The summed E-state index contributed by atoms with van der Waals surface area (Å²) in [6, 6.07) is 11.1. The number of benzene rings is 2. The average molecular weight is 647 g/mol. The summed E-state index contributed by atoms with van der Waals surface area (Å²) in [5.74, 6) is -3.20. The third-order valence-electron chi connectivity index (χ3n) is 5.74. The van der Waals surface area contributed by atoms with E-state index in [0.717, 1.165) is 43.8 Å². The Balaban J connectivity index is 0.000000821. The Kier molecular flexibility index (Phi) is 14.2. The maximum Gasteiger partial charge on any atom is 0.490 e. The van der Waals surface area contributed by atoms with Gasteiger partial charge in [-0.2, -0.15) is 13.2 Å². The minimum Gasteiger partial charge on any atom is -0.475 e. The molecule has 0 aliphatic carbocycles. The number of carbonyl (C=O) groups is 4. The second-order valence-corrected chi connectivity index (χ2v) is 10.0. The maximum atomic E-state index is 12.7. The highest BCUT2D eigenvalue weighted by atomic mass is 35.5. The van der Waals surface area contributed by atoms with Crippen LogP contribution in [0.2, 0.25) is 10.0 Å². The van der Waals surface area contributed by atoms with E-state index in [1.807, 2.05) is 6.07 Å². The fraction of sp³-hybridized carbons (Fsp3) is 0.393. The van der Waals surface area contributed by atoms with Crippen molar-refractivity contribution in [2.24, 2.45) is 4.99 Å². The van der Waals surface area contributed by atoms with Crippen molar-refractivity contribution in [1.82, 2.24) is 10.6 Å². The Hall–Kier alpha value is -3.84. The van der Waals surface area contributed by atoms with E-state index in [1.54, 1.807) is 43.3 Å². The number of rotatable bonds is 9. The van der Waals surface area contributed by atoms with Gasteiger partial charge in [0.15, 0.2) is 0 Å². The zero-order chi connectivity index (χ0) is 32.0. The van der Waals surface area contributed by atoms with Gasteiger partial charge in [0.2, 0.25) is 5.91 Å². The molecule has 1 aliphatic rings. The molecule has 0 aromatic heterocycles. The summed E-state index contributed by atoms with van der Waals surface area (Å²) in [6.45, 7) is 2.44. The molecule has 0 radical (unpaired) electrons. The highest BCUT2D eigenvalue weighted by Gasteiger charge is 2.38. The molecule has 43 heavy (non-hydrogen) atoms. The summed E-state index contributed by atoms with van der Waals surface area (Å²) in [5, 5.41) is 16.5. The Morgan fingerprint density at radius 1 is 1.05 bits per heavy atom. The molecule has 234 valence electrons. The first-order valence-corrected chi connectivity index (χ1v) is 13.9. The molecule has 1 unspecified atom stereocenters. The topological polar surface area (TPSA) is 146 Å². The molecule has 0 fully saturated rings. The number of carboxylic acid groups (broad SMARTS) is 1. The molecule has 4 N–H and O–H groups in total. The largest absolute Gasteiger partial charge is 0.490 e. The van der Waals surface area contributed by atoms with Crippen LogP contribution in [-0.2, 0) is 19.1 Å². The zero-order valence-corrected chi connectivity index (χ0v) is 24.6. The van der Waals surface area contributed by atoms with Crippen molar-refractivity contribution in [2.75, 3.05) is 25.0 Å². The molecule has 0 bridgehead atoms. The summed E-state index contributed by atoms with van der Waals surface area (Å²) in [7, 11) is 0. The van der Waals surface area contributed by atoms with E-state index >= 15 is 0 Å². The van der Waals surface area contributed by atoms with Gasteiger partial charge in [-0.3, -0.25) is 19.4 Å². The van der Waals surface area contributed by atoms with Crippen LogP contribution in [0.3, 0.4) is 0 Å². The third-order valence-corrected chi connectivity index (χ3v) is 6.17. The molecule has 0 spiro atoms. The molecule has 10 nitrogen and oxygen atoms in total. The van der Waals surface area contributed by atoms with Crippen LogP contribution in [0.5, 0.6) is 0 Å². The van der Waals surface area contributed by atoms with E-state index in [4.69, 9.17) is 37.8 Å². The fourth-order valence-corrected chi connectivity index (χ4v) is 4.35. The van der Waals surface area contributed by atoms with Gasteiger partial charge in [0, 0.05) is 34.3 Å². The van der Waals surface area contributed by atoms with Crippen molar-refractivity contribution in [3.05, 3.63) is 63.6 Å². The molecule has 15 heteroatoms. The summed E-state index contributed by atoms with van der Waals surface area (Å²) < 4.78 is 36.8. The van der Waals surface area contributed by atoms with E-state index in [-0.39, 0.29) is 19.6 Å². The van der Waals surface area contributed by atoms with Gasteiger partial charge in [-0.15, -0.1) is 0 Å². The van der Waals surface area contributed by atoms with Crippen LogP contribution in [0.25, 0.3) is 0 Å². The van der Waals surface area contributed by atoms with E-state index in [9.17, 15) is 27.6 Å². The number of halogens is 5. The second-order valence-electron chi connectivity index (χ2n) is 9.16. The van der Waals surface area contributed by atoms with Gasteiger partial charge >= 0.3 is 18.1 Å². The molecule has 1 aliphatic heterocycles. The Morgan fingerprint density at radius 3 is 2.35 bits per heavy atom. The number of ether oxygens (including phenoxy) is 1. The smallest absolute Gasteiger partial charge is 0.475 e. The number of hydrogen-bond donors (Lipinski definition) is 4. The highest BCUT2D eigenvalue weighted by Crippen LogP contribution is 2.26. The molecule has 1 heterocycles. The van der Waals surface area contributed by atoms with Gasteiger partial charge in [-0.1, -0.05) is 35.7 Å². The molecule has 2 aromatic rings. The lowest BCUT2D eigenvalue weighted by molar-refractivity contribution is -0.192. The van der Waals surface area contributed by atoms with Crippen LogP contribution in [0, 0.1) is 0 Å². The minimum absolute atomic E-state index is 0.109. The molecule has 2 aromatic carbocycles. The number of anilines is 1. The van der Waals surface area contributed by atoms with Gasteiger partial charge in [-0.05, 0) is 61.7 Å². The SMILES string of the molecule is CCOC(=O)CC(NC(=O)CNC(=O)c1cccc(NC2=NCCCCC2)c1)c1cc(Cl)cc(Cl)c1.O=C(O)C(F)(F)F. The monoisotopic (exact) mass is 646 g/mol. The first kappa shape index (κ1) is 35.4. The summed E-state index contributed by atoms with van der Waals surface area (Å²) in [6.07, 6.45) is -0.992. The van der Waals surface area contributed by atoms with Gasteiger partial charge in [-0.25, -0.2) is 4.79 Å². The predicted molar refractivity (Wildman–Crippen MR) is 155 cm³/mol. The number of nitrogens with zero attached hydrogens (tertiary/aromatic N) is 1. The number of hydrogen-bond acceptors (Lipinski definition) is 7. The third kappa shape index (κ3) is 13.3. The van der Waals surface area contributed by atoms with Gasteiger partial charge in [0.05, 0.1) is 25.6 Å². The van der Waals surface area contributed by atoms with Crippen molar-refractivity contribution in [3.8, 4) is 0 Å². The van der Waals surface area contributed by atoms with Crippen LogP contribution in [-0.4, -0.2) is 60.6 Å². The Bertz CT molecular complexity index is 1300. The quantitative estimate of drug-likeness (QED) is 0.261. The molecule has 0 saturated carbocycles.